The summed E-state index contributed by atoms with van der Waals surface area (Å²) < 4.78 is 3.63. The Bertz CT molecular complexity index is 990. The van der Waals surface area contributed by atoms with Gasteiger partial charge in [-0.05, 0) is 81.8 Å². The fourth-order valence-electron chi connectivity index (χ4n) is 4.09. The normalized spacial score (nSPS) is 27.8. The summed E-state index contributed by atoms with van der Waals surface area (Å²) in [5.74, 6) is 2.96. The van der Waals surface area contributed by atoms with Crippen LogP contribution in [0.25, 0.3) is 10.9 Å². The molecule has 4 N–H and O–H groups in total. The second-order valence-corrected chi connectivity index (χ2v) is 12.2. The van der Waals surface area contributed by atoms with Gasteiger partial charge in [-0.25, -0.2) is 4.98 Å². The van der Waals surface area contributed by atoms with Crippen molar-refractivity contribution >= 4 is 52.4 Å². The molecule has 0 radical (unpaired) electrons. The van der Waals surface area contributed by atoms with Gasteiger partial charge in [0.1, 0.15) is 12.1 Å². The largest absolute Gasteiger partial charge is 0.373 e. The number of carbonyl (C=O) groups is 1. The van der Waals surface area contributed by atoms with E-state index in [2.05, 4.69) is 70.5 Å². The zero-order valence-corrected chi connectivity index (χ0v) is 21.8. The number of carbonyl (C=O) groups excluding carboxylic acids is 1. The predicted molar refractivity (Wildman–Crippen MR) is 143 cm³/mol. The van der Waals surface area contributed by atoms with Gasteiger partial charge in [-0.1, -0.05) is 6.92 Å². The second kappa shape index (κ2) is 10.0. The molecule has 6 rings (SSSR count). The van der Waals surface area contributed by atoms with Crippen LogP contribution in [-0.2, 0) is 4.79 Å². The molecule has 1 aliphatic heterocycles. The Balaban J connectivity index is 0.000000273. The molecule has 180 valence electrons. The average molecular weight is 488 g/mol. The molecular formula is C25H37N5OS2. The topological polar surface area (TPSA) is 83.3 Å². The molecular weight excluding hydrogens is 450 g/mol. The monoisotopic (exact) mass is 487 g/mol. The summed E-state index contributed by atoms with van der Waals surface area (Å²) in [6, 6.07) is 8.84. The number of aromatic nitrogens is 1. The van der Waals surface area contributed by atoms with Crippen LogP contribution in [0.4, 0.5) is 11.5 Å². The first kappa shape index (κ1) is 24.6. The van der Waals surface area contributed by atoms with E-state index < -0.39 is 0 Å². The lowest BCUT2D eigenvalue weighted by atomic mass is 10.1. The molecule has 0 amide bonds. The van der Waals surface area contributed by atoms with Crippen molar-refractivity contribution < 1.29 is 4.79 Å². The van der Waals surface area contributed by atoms with Crippen LogP contribution in [0.3, 0.4) is 0 Å². The summed E-state index contributed by atoms with van der Waals surface area (Å²) in [5, 5.41) is 5.08. The number of thioether (sulfide) groups is 1. The third-order valence-corrected chi connectivity index (χ3v) is 9.19. The van der Waals surface area contributed by atoms with Crippen molar-refractivity contribution in [2.24, 2.45) is 17.1 Å². The molecule has 4 fully saturated rings. The highest BCUT2D eigenvalue weighted by molar-refractivity contribution is 8.00. The van der Waals surface area contributed by atoms with Crippen LogP contribution in [0.1, 0.15) is 39.5 Å². The molecule has 2 aromatic rings. The standard InChI is InChI=1S/C19H26N4S2.C5H6O.CH5N/c1-13-12-23(8-9-24-13)17-11-14(25-22-19(2)6-7-19)10-16-15(17)4-5-18(20-3)21-16;6-3-5-1-4(5)2-5;1-2/h4-5,10-11,13,22H,6-9,12H2,1-3H3,(H,20,21);3-4H,1-2H2;2H2,1H3/t13-;;/m1../s1. The van der Waals surface area contributed by atoms with Crippen LogP contribution in [-0.4, -0.2) is 55.0 Å². The van der Waals surface area contributed by atoms with Crippen LogP contribution >= 0.6 is 23.7 Å². The molecule has 4 aliphatic rings. The highest BCUT2D eigenvalue weighted by Crippen LogP contribution is 2.73. The summed E-state index contributed by atoms with van der Waals surface area (Å²) in [5.41, 5.74) is 7.49. The summed E-state index contributed by atoms with van der Waals surface area (Å²) in [7, 11) is 3.42. The molecule has 3 aliphatic carbocycles. The lowest BCUT2D eigenvalue weighted by Gasteiger charge is -2.33. The Morgan fingerprint density at radius 2 is 2.00 bits per heavy atom. The highest BCUT2D eigenvalue weighted by atomic mass is 32.2. The Morgan fingerprint density at radius 3 is 2.55 bits per heavy atom. The minimum Gasteiger partial charge on any atom is -0.373 e. The van der Waals surface area contributed by atoms with Gasteiger partial charge in [-0.3, -0.25) is 4.72 Å². The maximum absolute atomic E-state index is 9.93. The van der Waals surface area contributed by atoms with Gasteiger partial charge in [0, 0.05) is 58.1 Å². The molecule has 0 unspecified atom stereocenters. The van der Waals surface area contributed by atoms with Gasteiger partial charge >= 0.3 is 0 Å². The number of rotatable bonds is 6. The molecule has 1 atom stereocenters. The van der Waals surface area contributed by atoms with E-state index in [0.717, 1.165) is 36.6 Å². The molecule has 0 spiro atoms. The van der Waals surface area contributed by atoms with Crippen LogP contribution in [0.5, 0.6) is 0 Å². The lowest BCUT2D eigenvalue weighted by molar-refractivity contribution is -0.110. The Hall–Kier alpha value is -1.48. The number of fused-ring (bicyclic) bond motifs is 2. The summed E-state index contributed by atoms with van der Waals surface area (Å²) in [6.07, 6.45) is 6.07. The van der Waals surface area contributed by atoms with Gasteiger partial charge < -0.3 is 20.7 Å². The summed E-state index contributed by atoms with van der Waals surface area (Å²) >= 11 is 3.82. The Labute approximate surface area is 206 Å². The predicted octanol–water partition coefficient (Wildman–Crippen LogP) is 4.54. The van der Waals surface area contributed by atoms with Gasteiger partial charge in [0.05, 0.1) is 5.52 Å². The van der Waals surface area contributed by atoms with E-state index >= 15 is 0 Å². The summed E-state index contributed by atoms with van der Waals surface area (Å²) in [4.78, 5) is 18.5. The zero-order chi connectivity index (χ0) is 23.6. The van der Waals surface area contributed by atoms with Gasteiger partial charge in [0.2, 0.25) is 0 Å². The molecule has 2 heterocycles. The molecule has 0 bridgehead atoms. The third-order valence-electron chi connectivity index (χ3n) is 6.99. The SMILES string of the molecule is CN.CNc1ccc2c(N3CCS[C@H](C)C3)cc(SNC3(C)CC3)cc2n1.O=CC12CC1C2. The van der Waals surface area contributed by atoms with Crippen molar-refractivity contribution in [3.63, 3.8) is 0 Å². The maximum Gasteiger partial charge on any atom is 0.126 e. The number of aldehydes is 1. The van der Waals surface area contributed by atoms with Crippen molar-refractivity contribution in [3.05, 3.63) is 24.3 Å². The Kier molecular flexibility index (Phi) is 7.48. The van der Waals surface area contributed by atoms with E-state index in [-0.39, 0.29) is 5.41 Å². The van der Waals surface area contributed by atoms with Crippen LogP contribution in [0, 0.1) is 11.3 Å². The minimum atomic E-state index is 0.278. The van der Waals surface area contributed by atoms with E-state index in [4.69, 9.17) is 4.98 Å². The van der Waals surface area contributed by atoms with Gasteiger partial charge in [-0.2, -0.15) is 11.8 Å². The Morgan fingerprint density at radius 1 is 1.27 bits per heavy atom. The first-order valence-corrected chi connectivity index (χ1v) is 13.8. The van der Waals surface area contributed by atoms with E-state index in [9.17, 15) is 4.79 Å². The second-order valence-electron chi connectivity index (χ2n) is 9.80. The third kappa shape index (κ3) is 5.78. The lowest BCUT2D eigenvalue weighted by Crippen LogP contribution is -2.36. The number of hydrogen-bond acceptors (Lipinski definition) is 8. The average Bonchev–Trinajstić information content (AvgIpc) is 3.76. The number of nitrogens with zero attached hydrogens (tertiary/aromatic N) is 2. The molecule has 1 aromatic heterocycles. The number of nitrogens with one attached hydrogen (secondary N) is 2. The number of nitrogens with two attached hydrogens (primary N) is 1. The van der Waals surface area contributed by atoms with Crippen LogP contribution in [0.15, 0.2) is 29.2 Å². The molecule has 3 saturated carbocycles. The summed E-state index contributed by atoms with van der Waals surface area (Å²) in [6.45, 7) is 6.83. The molecule has 6 nitrogen and oxygen atoms in total. The van der Waals surface area contributed by atoms with E-state index in [1.165, 1.54) is 54.5 Å². The fraction of sp³-hybridized carbons (Fsp3) is 0.600. The van der Waals surface area contributed by atoms with E-state index in [1.807, 2.05) is 7.05 Å². The quantitative estimate of drug-likeness (QED) is 0.405. The number of anilines is 2. The van der Waals surface area contributed by atoms with Crippen molar-refractivity contribution in [3.8, 4) is 0 Å². The zero-order valence-electron chi connectivity index (χ0n) is 20.2. The molecule has 1 aromatic carbocycles. The molecule has 33 heavy (non-hydrogen) atoms. The highest BCUT2D eigenvalue weighted by Gasteiger charge is 2.69. The van der Waals surface area contributed by atoms with Gasteiger partial charge in [0.25, 0.3) is 0 Å². The van der Waals surface area contributed by atoms with Gasteiger partial charge in [-0.15, -0.1) is 0 Å². The minimum absolute atomic E-state index is 0.278. The number of hydrogen-bond donors (Lipinski definition) is 3. The van der Waals surface area contributed by atoms with Crippen molar-refractivity contribution in [2.45, 2.75) is 55.2 Å². The van der Waals surface area contributed by atoms with Crippen LogP contribution in [0.2, 0.25) is 0 Å². The van der Waals surface area contributed by atoms with E-state index in [0.29, 0.717) is 10.8 Å². The first-order valence-electron chi connectivity index (χ1n) is 11.9. The maximum atomic E-state index is 9.93. The van der Waals surface area contributed by atoms with E-state index in [1.54, 1.807) is 11.9 Å². The van der Waals surface area contributed by atoms with Crippen molar-refractivity contribution in [1.82, 2.24) is 9.71 Å². The van der Waals surface area contributed by atoms with Gasteiger partial charge in [0.15, 0.2) is 0 Å². The van der Waals surface area contributed by atoms with Crippen molar-refractivity contribution in [1.29, 1.82) is 0 Å². The molecule has 8 heteroatoms. The van der Waals surface area contributed by atoms with Crippen molar-refractivity contribution in [2.75, 3.05) is 43.2 Å². The smallest absolute Gasteiger partial charge is 0.126 e. The number of pyridine rings is 1. The first-order chi connectivity index (χ1) is 15.9. The number of benzene rings is 1. The van der Waals surface area contributed by atoms with Crippen LogP contribution < -0.4 is 20.7 Å². The fourth-order valence-corrected chi connectivity index (χ4v) is 6.01. The molecule has 1 saturated heterocycles.